The topological polar surface area (TPSA) is 111 Å². The van der Waals surface area contributed by atoms with Gasteiger partial charge >= 0.3 is 11.9 Å². The van der Waals surface area contributed by atoms with E-state index in [-0.39, 0.29) is 26.1 Å². The maximum atomic E-state index is 12.4. The van der Waals surface area contributed by atoms with Crippen LogP contribution in [0.4, 0.5) is 0 Å². The Morgan fingerprint density at radius 1 is 0.750 bits per heavy atom. The molecule has 0 aromatic heterocycles. The maximum Gasteiger partial charge on any atom is 0.306 e. The number of quaternary nitrogens is 1. The van der Waals surface area contributed by atoms with Crippen molar-refractivity contribution >= 4 is 19.8 Å². The second-order valence-corrected chi connectivity index (χ2v) is 12.9. The van der Waals surface area contributed by atoms with E-state index >= 15 is 0 Å². The van der Waals surface area contributed by atoms with E-state index in [0.29, 0.717) is 23.9 Å². The van der Waals surface area contributed by atoms with E-state index in [2.05, 4.69) is 19.1 Å². The molecule has 0 fully saturated rings. The molecule has 0 spiro atoms. The van der Waals surface area contributed by atoms with Crippen LogP contribution in [0.3, 0.4) is 0 Å². The third-order valence-corrected chi connectivity index (χ3v) is 7.25. The minimum absolute atomic E-state index is 0.0313. The smallest absolute Gasteiger partial charge is 0.306 e. The Kier molecular flexibility index (Phi) is 23.6. The number of rotatable bonds is 27. The molecule has 0 aliphatic heterocycles. The number of hydrogen-bond acceptors (Lipinski definition) is 8. The number of carbonyl (C=O) groups excluding carboxylic acids is 2. The van der Waals surface area contributed by atoms with Crippen molar-refractivity contribution in [1.82, 2.24) is 0 Å². The first-order valence-electron chi connectivity index (χ1n) is 15.4. The molecule has 0 amide bonds. The zero-order chi connectivity index (χ0) is 30.1. The van der Waals surface area contributed by atoms with Gasteiger partial charge in [-0.05, 0) is 38.5 Å². The molecule has 0 aliphatic carbocycles. The van der Waals surface area contributed by atoms with Crippen molar-refractivity contribution in [2.75, 3.05) is 47.5 Å². The lowest BCUT2D eigenvalue weighted by Gasteiger charge is -2.28. The Morgan fingerprint density at radius 2 is 1.27 bits per heavy atom. The zero-order valence-electron chi connectivity index (χ0n) is 26.0. The quantitative estimate of drug-likeness (QED) is 0.0351. The SMILES string of the molecule is CCCCCC/C=C\CCCCCCCC(=O)OC(COC(=O)CCCCC)COP(=O)([O-])OCC[N+](C)(C)C. The standard InChI is InChI=1S/C30H58NO8P/c1-6-8-10-11-12-13-14-15-16-17-18-19-21-23-30(33)39-28(26-36-29(32)22-20-9-7-2)27-38-40(34,35)37-25-24-31(3,4)5/h13-14,28H,6-12,15-27H2,1-5H3/b14-13-. The average molecular weight is 592 g/mol. The molecule has 0 aromatic carbocycles. The first-order valence-corrected chi connectivity index (χ1v) is 16.9. The molecular formula is C30H58NO8P. The molecule has 10 heteroatoms. The molecule has 0 bridgehead atoms. The van der Waals surface area contributed by atoms with Crippen LogP contribution in [0, 0.1) is 0 Å². The minimum Gasteiger partial charge on any atom is -0.756 e. The zero-order valence-corrected chi connectivity index (χ0v) is 26.9. The summed E-state index contributed by atoms with van der Waals surface area (Å²) in [4.78, 5) is 36.6. The number of unbranched alkanes of at least 4 members (excludes halogenated alkanes) is 11. The summed E-state index contributed by atoms with van der Waals surface area (Å²) in [6.07, 6.45) is 19.0. The molecular weight excluding hydrogens is 533 g/mol. The summed E-state index contributed by atoms with van der Waals surface area (Å²) in [5, 5.41) is 0. The molecule has 236 valence electrons. The van der Waals surface area contributed by atoms with E-state index < -0.39 is 32.5 Å². The largest absolute Gasteiger partial charge is 0.756 e. The average Bonchev–Trinajstić information content (AvgIpc) is 2.87. The molecule has 0 N–H and O–H groups in total. The van der Waals surface area contributed by atoms with Gasteiger partial charge in [-0.2, -0.15) is 0 Å². The van der Waals surface area contributed by atoms with Crippen molar-refractivity contribution in [3.63, 3.8) is 0 Å². The number of likely N-dealkylation sites (N-methyl/N-ethyl adjacent to an activating group) is 1. The summed E-state index contributed by atoms with van der Waals surface area (Å²) in [5.41, 5.74) is 0. The summed E-state index contributed by atoms with van der Waals surface area (Å²) in [5.74, 6) is -0.876. The molecule has 0 radical (unpaired) electrons. The highest BCUT2D eigenvalue weighted by Crippen LogP contribution is 2.38. The van der Waals surface area contributed by atoms with E-state index in [1.165, 1.54) is 32.1 Å². The van der Waals surface area contributed by atoms with E-state index in [9.17, 15) is 19.0 Å². The van der Waals surface area contributed by atoms with Gasteiger partial charge in [-0.15, -0.1) is 0 Å². The number of esters is 2. The summed E-state index contributed by atoms with van der Waals surface area (Å²) < 4.78 is 33.2. The second-order valence-electron chi connectivity index (χ2n) is 11.5. The molecule has 2 atom stereocenters. The Balaban J connectivity index is 4.40. The third kappa shape index (κ3) is 26.9. The summed E-state index contributed by atoms with van der Waals surface area (Å²) in [6, 6.07) is 0. The minimum atomic E-state index is -4.59. The number of phosphoric acid groups is 1. The Morgan fingerprint density at radius 3 is 1.90 bits per heavy atom. The second kappa shape index (κ2) is 24.4. The number of phosphoric ester groups is 1. The van der Waals surface area contributed by atoms with Crippen LogP contribution in [0.15, 0.2) is 12.2 Å². The summed E-state index contributed by atoms with van der Waals surface area (Å²) >= 11 is 0. The van der Waals surface area contributed by atoms with Gasteiger partial charge in [0.2, 0.25) is 0 Å². The monoisotopic (exact) mass is 591 g/mol. The molecule has 9 nitrogen and oxygen atoms in total. The first kappa shape index (κ1) is 38.8. The highest BCUT2D eigenvalue weighted by Gasteiger charge is 2.21. The highest BCUT2D eigenvalue weighted by atomic mass is 31.2. The third-order valence-electron chi connectivity index (χ3n) is 6.29. The fraction of sp³-hybridized carbons (Fsp3) is 0.867. The van der Waals surface area contributed by atoms with E-state index in [1.807, 2.05) is 28.1 Å². The highest BCUT2D eigenvalue weighted by molar-refractivity contribution is 7.45. The normalized spacial score (nSPS) is 14.2. The van der Waals surface area contributed by atoms with Crippen molar-refractivity contribution in [1.29, 1.82) is 0 Å². The first-order chi connectivity index (χ1) is 19.0. The summed E-state index contributed by atoms with van der Waals surface area (Å²) in [7, 11) is 1.15. The molecule has 0 aliphatic rings. The van der Waals surface area contributed by atoms with Crippen molar-refractivity contribution < 1.29 is 42.1 Å². The van der Waals surface area contributed by atoms with Crippen molar-refractivity contribution in [3.8, 4) is 0 Å². The number of allylic oxidation sites excluding steroid dienone is 2. The molecule has 0 rings (SSSR count). The molecule has 0 aromatic rings. The van der Waals surface area contributed by atoms with Crippen LogP contribution in [0.1, 0.15) is 117 Å². The van der Waals surface area contributed by atoms with Gasteiger partial charge in [0.1, 0.15) is 19.8 Å². The summed E-state index contributed by atoms with van der Waals surface area (Å²) in [6.45, 7) is 3.97. The number of hydrogen-bond donors (Lipinski definition) is 0. The Hall–Kier alpha value is -1.25. The van der Waals surface area contributed by atoms with Gasteiger partial charge in [-0.1, -0.05) is 77.4 Å². The lowest BCUT2D eigenvalue weighted by atomic mass is 10.1. The van der Waals surface area contributed by atoms with Crippen LogP contribution < -0.4 is 4.89 Å². The molecule has 40 heavy (non-hydrogen) atoms. The lowest BCUT2D eigenvalue weighted by Crippen LogP contribution is -2.37. The van der Waals surface area contributed by atoms with E-state index in [1.54, 1.807) is 0 Å². The predicted octanol–water partition coefficient (Wildman–Crippen LogP) is 6.49. The Labute approximate surface area is 244 Å². The van der Waals surface area contributed by atoms with Crippen LogP contribution >= 0.6 is 7.82 Å². The number of carbonyl (C=O) groups is 2. The van der Waals surface area contributed by atoms with Crippen LogP contribution in [-0.2, 0) is 32.7 Å². The van der Waals surface area contributed by atoms with Gasteiger partial charge in [-0.3, -0.25) is 14.2 Å². The molecule has 0 saturated carbocycles. The van der Waals surface area contributed by atoms with Crippen molar-refractivity contribution in [3.05, 3.63) is 12.2 Å². The van der Waals surface area contributed by atoms with Crippen LogP contribution in [0.25, 0.3) is 0 Å². The maximum absolute atomic E-state index is 12.4. The van der Waals surface area contributed by atoms with Gasteiger partial charge in [0.15, 0.2) is 6.10 Å². The number of ether oxygens (including phenoxy) is 2. The number of nitrogens with zero attached hydrogens (tertiary/aromatic N) is 1. The Bertz CT molecular complexity index is 723. The van der Waals surface area contributed by atoms with Crippen LogP contribution in [0.5, 0.6) is 0 Å². The van der Waals surface area contributed by atoms with Crippen molar-refractivity contribution in [2.24, 2.45) is 0 Å². The van der Waals surface area contributed by atoms with Gasteiger partial charge in [0, 0.05) is 12.8 Å². The fourth-order valence-corrected chi connectivity index (χ4v) is 4.49. The predicted molar refractivity (Wildman–Crippen MR) is 158 cm³/mol. The van der Waals surface area contributed by atoms with E-state index in [0.717, 1.165) is 44.9 Å². The van der Waals surface area contributed by atoms with Gasteiger partial charge < -0.3 is 27.9 Å². The molecule has 0 heterocycles. The van der Waals surface area contributed by atoms with Crippen LogP contribution in [-0.4, -0.2) is 70.0 Å². The molecule has 2 unspecified atom stereocenters. The van der Waals surface area contributed by atoms with Crippen LogP contribution in [0.2, 0.25) is 0 Å². The van der Waals surface area contributed by atoms with Crippen molar-refractivity contribution in [2.45, 2.75) is 123 Å². The van der Waals surface area contributed by atoms with Gasteiger partial charge in [0.05, 0.1) is 27.7 Å². The molecule has 0 saturated heterocycles. The van der Waals surface area contributed by atoms with E-state index in [4.69, 9.17) is 18.5 Å². The van der Waals surface area contributed by atoms with Gasteiger partial charge in [-0.25, -0.2) is 0 Å². The fourth-order valence-electron chi connectivity index (χ4n) is 3.76. The lowest BCUT2D eigenvalue weighted by molar-refractivity contribution is -0.870. The van der Waals surface area contributed by atoms with Gasteiger partial charge in [0.25, 0.3) is 7.82 Å².